The topological polar surface area (TPSA) is 30.9 Å². The van der Waals surface area contributed by atoms with Crippen molar-refractivity contribution in [2.75, 3.05) is 39.5 Å². The average Bonchev–Trinajstić information content (AvgIpc) is 2.35. The van der Waals surface area contributed by atoms with Gasteiger partial charge in [0.15, 0.2) is 0 Å². The highest BCUT2D eigenvalue weighted by atomic mass is 35.5. The molecule has 2 bridgehead atoms. The number of nitrogens with zero attached hydrogens (tertiary/aromatic N) is 1. The molecule has 4 rings (SSSR count). The largest absolute Gasteiger partial charge is 0.537 e. The van der Waals surface area contributed by atoms with Crippen molar-refractivity contribution in [2.45, 2.75) is 6.18 Å². The zero-order chi connectivity index (χ0) is 15.8. The molecule has 3 fully saturated rings. The summed E-state index contributed by atoms with van der Waals surface area (Å²) in [5.41, 5.74) is -0.821. The minimum absolute atomic E-state index is 0.00625. The van der Waals surface area contributed by atoms with Gasteiger partial charge in [-0.25, -0.2) is 0 Å². The van der Waals surface area contributed by atoms with E-state index >= 15 is 0 Å². The van der Waals surface area contributed by atoms with Crippen LogP contribution in [-0.2, 0) is 19.5 Å². The summed E-state index contributed by atoms with van der Waals surface area (Å²) in [5, 5.41) is 0.260. The Morgan fingerprint density at radius 1 is 0.955 bits per heavy atom. The van der Waals surface area contributed by atoms with Gasteiger partial charge in [0.25, 0.3) is 0 Å². The molecule has 0 aromatic heterocycles. The van der Waals surface area contributed by atoms with Gasteiger partial charge in [-0.3, -0.25) is 4.90 Å². The van der Waals surface area contributed by atoms with Crippen molar-refractivity contribution in [3.05, 3.63) is 28.8 Å². The lowest BCUT2D eigenvalue weighted by Gasteiger charge is -2.38. The Labute approximate surface area is 132 Å². The lowest BCUT2D eigenvalue weighted by Crippen LogP contribution is -2.62. The van der Waals surface area contributed by atoms with Crippen molar-refractivity contribution in [3.8, 4) is 0 Å². The monoisotopic (exact) mass is 353 g/mol. The summed E-state index contributed by atoms with van der Waals surface area (Å²) < 4.78 is 56.4. The molecule has 3 aliphatic heterocycles. The number of benzene rings is 1. The van der Waals surface area contributed by atoms with Gasteiger partial charge in [-0.05, 0) is 18.2 Å². The molecule has 1 aromatic rings. The van der Waals surface area contributed by atoms with Crippen molar-refractivity contribution >= 4 is 25.6 Å². The van der Waals surface area contributed by atoms with E-state index < -0.39 is 20.5 Å². The second-order valence-corrected chi connectivity index (χ2v) is 8.16. The molecule has 3 aliphatic rings. The molecule has 22 heavy (non-hydrogen) atoms. The lowest BCUT2D eigenvalue weighted by atomic mass is 10.2. The van der Waals surface area contributed by atoms with Crippen LogP contribution in [0.1, 0.15) is 5.56 Å². The fraction of sp³-hybridized carbons (Fsp3) is 0.538. The highest BCUT2D eigenvalue weighted by Crippen LogP contribution is 2.31. The van der Waals surface area contributed by atoms with Gasteiger partial charge in [0.2, 0.25) is 0 Å². The number of halogens is 4. The van der Waals surface area contributed by atoms with Crippen LogP contribution in [0.3, 0.4) is 0 Å². The summed E-state index contributed by atoms with van der Waals surface area (Å²) in [7, 11) is -3.36. The molecule has 0 saturated carbocycles. The van der Waals surface area contributed by atoms with Crippen molar-refractivity contribution in [2.24, 2.45) is 0 Å². The Balaban J connectivity index is 2.01. The normalized spacial score (nSPS) is 29.7. The van der Waals surface area contributed by atoms with Crippen molar-refractivity contribution < 1.29 is 26.4 Å². The molecule has 122 valence electrons. The zero-order valence-corrected chi connectivity index (χ0v) is 13.4. The van der Waals surface area contributed by atoms with E-state index in [-0.39, 0.29) is 10.2 Å². The summed E-state index contributed by atoms with van der Waals surface area (Å²) in [6.07, 6.45) is -4.48. The molecular weight excluding hydrogens is 339 g/mol. The van der Waals surface area contributed by atoms with E-state index in [1.54, 1.807) is 0 Å². The van der Waals surface area contributed by atoms with Gasteiger partial charge in [-0.1, -0.05) is 11.6 Å². The molecule has 0 atom stereocenters. The van der Waals surface area contributed by atoms with Crippen LogP contribution in [0.5, 0.6) is 0 Å². The predicted molar refractivity (Wildman–Crippen MR) is 76.1 cm³/mol. The quantitative estimate of drug-likeness (QED) is 0.721. The Morgan fingerprint density at radius 3 is 2.00 bits per heavy atom. The maximum absolute atomic E-state index is 13.0. The Bertz CT molecular complexity index is 531. The number of rotatable bonds is 1. The van der Waals surface area contributed by atoms with Crippen LogP contribution in [0, 0.1) is 0 Å². The van der Waals surface area contributed by atoms with Gasteiger partial charge in [0, 0.05) is 29.8 Å². The third-order valence-corrected chi connectivity index (χ3v) is 6.64. The van der Waals surface area contributed by atoms with Crippen LogP contribution >= 0.6 is 11.6 Å². The van der Waals surface area contributed by atoms with Crippen LogP contribution in [0.25, 0.3) is 0 Å². The molecule has 0 spiro atoms. The molecule has 0 aliphatic carbocycles. The third-order valence-electron chi connectivity index (χ3n) is 3.68. The van der Waals surface area contributed by atoms with E-state index in [2.05, 4.69) is 4.90 Å². The second-order valence-electron chi connectivity index (χ2n) is 5.17. The van der Waals surface area contributed by atoms with Crippen LogP contribution in [0.4, 0.5) is 13.2 Å². The molecule has 0 unspecified atom stereocenters. The maximum atomic E-state index is 13.0. The number of alkyl halides is 3. The van der Waals surface area contributed by atoms with Gasteiger partial charge < -0.3 is 13.3 Å². The second kappa shape index (κ2) is 6.10. The van der Waals surface area contributed by atoms with E-state index in [0.29, 0.717) is 39.5 Å². The molecule has 0 N–H and O–H groups in total. The smallest absolute Gasteiger partial charge is 0.369 e. The standard InChI is InChI=1S/C13H15ClF3NO3Si/c14-11-7-10(13(15,16)17)8-12(9-11)22-19-4-1-18(2-5-20-22)3-6-21-22/h7-9H,1-6H2. The molecule has 1 aromatic carbocycles. The van der Waals surface area contributed by atoms with Gasteiger partial charge in [-0.15, -0.1) is 0 Å². The van der Waals surface area contributed by atoms with Gasteiger partial charge in [0.1, 0.15) is 0 Å². The Kier molecular flexibility index (Phi) is 4.50. The fourth-order valence-electron chi connectivity index (χ4n) is 2.57. The Morgan fingerprint density at radius 2 is 1.50 bits per heavy atom. The van der Waals surface area contributed by atoms with E-state index in [0.717, 1.165) is 12.1 Å². The lowest BCUT2D eigenvalue weighted by molar-refractivity contribution is -0.137. The summed E-state index contributed by atoms with van der Waals surface area (Å²) in [4.78, 5) is 2.14. The molecule has 4 nitrogen and oxygen atoms in total. The Hall–Kier alpha value is -0.643. The summed E-state index contributed by atoms with van der Waals surface area (Å²) in [5.74, 6) is 0. The molecular formula is C13H15ClF3NO3Si. The van der Waals surface area contributed by atoms with E-state index in [4.69, 9.17) is 24.9 Å². The van der Waals surface area contributed by atoms with Crippen molar-refractivity contribution in [1.29, 1.82) is 0 Å². The van der Waals surface area contributed by atoms with Crippen molar-refractivity contribution in [1.82, 2.24) is 4.90 Å². The van der Waals surface area contributed by atoms with Gasteiger partial charge in [0.05, 0.1) is 25.4 Å². The highest BCUT2D eigenvalue weighted by molar-refractivity contribution is 6.75. The molecule has 0 radical (unpaired) electrons. The molecule has 3 heterocycles. The minimum atomic E-state index is -4.48. The van der Waals surface area contributed by atoms with Crippen LogP contribution in [0.15, 0.2) is 18.2 Å². The first-order chi connectivity index (χ1) is 10.4. The SMILES string of the molecule is FC(F)(F)c1cc(Cl)cc([Si]23OCCN(CCO2)CCO3)c1. The average molecular weight is 354 g/mol. The number of hydrogen-bond donors (Lipinski definition) is 0. The van der Waals surface area contributed by atoms with E-state index in [9.17, 15) is 13.2 Å². The van der Waals surface area contributed by atoms with Crippen LogP contribution < -0.4 is 5.19 Å². The first-order valence-corrected chi connectivity index (χ1v) is 9.02. The maximum Gasteiger partial charge on any atom is 0.537 e. The molecule has 9 heteroatoms. The summed E-state index contributed by atoms with van der Waals surface area (Å²) >= 11 is 5.87. The van der Waals surface area contributed by atoms with Crippen LogP contribution in [-0.4, -0.2) is 53.2 Å². The number of fused-ring (bicyclic) bond motifs is 6. The molecule has 0 amide bonds. The molecule has 3 saturated heterocycles. The van der Waals surface area contributed by atoms with E-state index in [1.807, 2.05) is 0 Å². The third kappa shape index (κ3) is 3.32. The summed E-state index contributed by atoms with van der Waals surface area (Å²) in [6.45, 7) is 3.23. The van der Waals surface area contributed by atoms with Gasteiger partial charge in [-0.2, -0.15) is 13.2 Å². The van der Waals surface area contributed by atoms with Gasteiger partial charge >= 0.3 is 15.0 Å². The van der Waals surface area contributed by atoms with E-state index in [1.165, 1.54) is 6.07 Å². The minimum Gasteiger partial charge on any atom is -0.369 e. The fourth-order valence-corrected chi connectivity index (χ4v) is 5.39. The zero-order valence-electron chi connectivity index (χ0n) is 11.7. The first-order valence-electron chi connectivity index (χ1n) is 6.92. The van der Waals surface area contributed by atoms with Crippen molar-refractivity contribution in [3.63, 3.8) is 0 Å². The van der Waals surface area contributed by atoms with Crippen LogP contribution in [0.2, 0.25) is 5.02 Å². The first kappa shape index (κ1) is 16.2. The summed E-state index contributed by atoms with van der Waals surface area (Å²) in [6, 6.07) is 3.37. The number of hydrogen-bond acceptors (Lipinski definition) is 4. The predicted octanol–water partition coefficient (Wildman–Crippen LogP) is 1.88. The highest BCUT2D eigenvalue weighted by Gasteiger charge is 2.47.